The summed E-state index contributed by atoms with van der Waals surface area (Å²) in [7, 11) is 0. The third-order valence-corrected chi connectivity index (χ3v) is 3.57. The van der Waals surface area contributed by atoms with E-state index in [1.807, 2.05) is 19.9 Å². The maximum atomic E-state index is 12.8. The second-order valence-electron chi connectivity index (χ2n) is 4.76. The van der Waals surface area contributed by atoms with Crippen molar-refractivity contribution in [2.75, 3.05) is 0 Å². The van der Waals surface area contributed by atoms with Gasteiger partial charge in [-0.3, -0.25) is 14.9 Å². The Labute approximate surface area is 123 Å². The minimum Gasteiger partial charge on any atom is -0.289 e. The van der Waals surface area contributed by atoms with Gasteiger partial charge in [-0.15, -0.1) is 0 Å². The first kappa shape index (κ1) is 14.9. The Balaban J connectivity index is 2.68. The molecule has 0 saturated heterocycles. The largest absolute Gasteiger partial charge is 0.289 e. The zero-order chi connectivity index (χ0) is 15.4. The van der Waals surface area contributed by atoms with Gasteiger partial charge in [0.2, 0.25) is 0 Å². The van der Waals surface area contributed by atoms with E-state index in [1.165, 1.54) is 6.07 Å². The average molecular weight is 283 g/mol. The first-order chi connectivity index (χ1) is 10.1. The molecule has 0 fully saturated rings. The van der Waals surface area contributed by atoms with Crippen LogP contribution in [0.2, 0.25) is 0 Å². The highest BCUT2D eigenvalue weighted by Gasteiger charge is 2.24. The molecular formula is C17H17NO3. The van der Waals surface area contributed by atoms with Crippen molar-refractivity contribution in [1.82, 2.24) is 0 Å². The molecule has 21 heavy (non-hydrogen) atoms. The topological polar surface area (TPSA) is 60.2 Å². The highest BCUT2D eigenvalue weighted by Crippen LogP contribution is 2.28. The first-order valence-electron chi connectivity index (χ1n) is 6.99. The zero-order valence-corrected chi connectivity index (χ0v) is 12.1. The minimum atomic E-state index is -0.417. The lowest BCUT2D eigenvalue weighted by Crippen LogP contribution is -2.11. The Bertz CT molecular complexity index is 678. The minimum absolute atomic E-state index is 0.0222. The molecule has 0 spiro atoms. The van der Waals surface area contributed by atoms with E-state index in [1.54, 1.807) is 30.3 Å². The Kier molecular flexibility index (Phi) is 4.48. The predicted octanol–water partition coefficient (Wildman–Crippen LogP) is 3.95. The van der Waals surface area contributed by atoms with Gasteiger partial charge in [-0.25, -0.2) is 0 Å². The summed E-state index contributed by atoms with van der Waals surface area (Å²) < 4.78 is 0. The molecule has 0 unspecified atom stereocenters. The molecule has 4 heteroatoms. The molecule has 0 heterocycles. The van der Waals surface area contributed by atoms with Gasteiger partial charge in [-0.1, -0.05) is 50.2 Å². The summed E-state index contributed by atoms with van der Waals surface area (Å²) in [5, 5.41) is 11.2. The summed E-state index contributed by atoms with van der Waals surface area (Å²) in [5.41, 5.74) is 2.44. The SMILES string of the molecule is CCc1ccc([N+](=O)[O-])c(CC)c1C(=O)c1ccccc1. The second kappa shape index (κ2) is 6.31. The molecule has 0 bridgehead atoms. The number of nitro benzene ring substituents is 1. The number of hydrogen-bond acceptors (Lipinski definition) is 3. The monoisotopic (exact) mass is 283 g/mol. The van der Waals surface area contributed by atoms with Gasteiger partial charge in [0, 0.05) is 22.8 Å². The molecule has 0 saturated carbocycles. The Morgan fingerprint density at radius 1 is 1.05 bits per heavy atom. The van der Waals surface area contributed by atoms with Gasteiger partial charge in [0.25, 0.3) is 5.69 Å². The number of benzene rings is 2. The summed E-state index contributed by atoms with van der Waals surface area (Å²) in [6.07, 6.45) is 1.12. The van der Waals surface area contributed by atoms with Crippen molar-refractivity contribution >= 4 is 11.5 Å². The van der Waals surface area contributed by atoms with Crippen molar-refractivity contribution in [3.05, 3.63) is 74.8 Å². The second-order valence-corrected chi connectivity index (χ2v) is 4.76. The highest BCUT2D eigenvalue weighted by molar-refractivity contribution is 6.11. The zero-order valence-electron chi connectivity index (χ0n) is 12.1. The molecule has 0 amide bonds. The van der Waals surface area contributed by atoms with Crippen LogP contribution in [0.25, 0.3) is 0 Å². The van der Waals surface area contributed by atoms with E-state index in [-0.39, 0.29) is 11.5 Å². The lowest BCUT2D eigenvalue weighted by Gasteiger charge is -2.12. The van der Waals surface area contributed by atoms with Gasteiger partial charge in [-0.05, 0) is 18.4 Å². The smallest absolute Gasteiger partial charge is 0.273 e. The molecule has 4 nitrogen and oxygen atoms in total. The molecule has 2 aromatic carbocycles. The lowest BCUT2D eigenvalue weighted by molar-refractivity contribution is -0.385. The van der Waals surface area contributed by atoms with E-state index in [4.69, 9.17) is 0 Å². The van der Waals surface area contributed by atoms with Crippen LogP contribution < -0.4 is 0 Å². The number of rotatable bonds is 5. The molecule has 0 atom stereocenters. The lowest BCUT2D eigenvalue weighted by atomic mass is 9.90. The summed E-state index contributed by atoms with van der Waals surface area (Å²) in [6.45, 7) is 3.78. The third-order valence-electron chi connectivity index (χ3n) is 3.57. The van der Waals surface area contributed by atoms with Crippen molar-refractivity contribution in [3.8, 4) is 0 Å². The molecule has 2 aromatic rings. The van der Waals surface area contributed by atoms with Crippen molar-refractivity contribution in [2.45, 2.75) is 26.7 Å². The molecule has 2 rings (SSSR count). The fourth-order valence-corrected chi connectivity index (χ4v) is 2.53. The van der Waals surface area contributed by atoms with E-state index < -0.39 is 4.92 Å². The number of hydrogen-bond donors (Lipinski definition) is 0. The van der Waals surface area contributed by atoms with Crippen LogP contribution in [0.3, 0.4) is 0 Å². The molecule has 108 valence electrons. The van der Waals surface area contributed by atoms with Crippen LogP contribution in [0, 0.1) is 10.1 Å². The van der Waals surface area contributed by atoms with Crippen molar-refractivity contribution in [1.29, 1.82) is 0 Å². The van der Waals surface area contributed by atoms with Gasteiger partial charge >= 0.3 is 0 Å². The maximum absolute atomic E-state index is 12.8. The maximum Gasteiger partial charge on any atom is 0.273 e. The number of nitrogens with zero attached hydrogens (tertiary/aromatic N) is 1. The normalized spacial score (nSPS) is 10.4. The van der Waals surface area contributed by atoms with Gasteiger partial charge in [-0.2, -0.15) is 0 Å². The fourth-order valence-electron chi connectivity index (χ4n) is 2.53. The van der Waals surface area contributed by atoms with Gasteiger partial charge in [0.15, 0.2) is 5.78 Å². The van der Waals surface area contributed by atoms with Crippen LogP contribution >= 0.6 is 0 Å². The van der Waals surface area contributed by atoms with Crippen LogP contribution in [0.1, 0.15) is 40.9 Å². The summed E-state index contributed by atoms with van der Waals surface area (Å²) in [6, 6.07) is 12.1. The molecule has 0 N–H and O–H groups in total. The molecule has 0 radical (unpaired) electrons. The molecule has 0 aliphatic rings. The Morgan fingerprint density at radius 3 is 2.24 bits per heavy atom. The molecular weight excluding hydrogens is 266 g/mol. The predicted molar refractivity (Wildman–Crippen MR) is 81.7 cm³/mol. The van der Waals surface area contributed by atoms with E-state index in [2.05, 4.69) is 0 Å². The first-order valence-corrected chi connectivity index (χ1v) is 6.99. The number of aryl methyl sites for hydroxylation is 1. The van der Waals surface area contributed by atoms with Crippen LogP contribution in [-0.4, -0.2) is 10.7 Å². The molecule has 0 aliphatic carbocycles. The van der Waals surface area contributed by atoms with Crippen molar-refractivity contribution < 1.29 is 9.72 Å². The number of ketones is 1. The summed E-state index contributed by atoms with van der Waals surface area (Å²) in [5.74, 6) is -0.145. The van der Waals surface area contributed by atoms with Crippen molar-refractivity contribution in [3.63, 3.8) is 0 Å². The van der Waals surface area contributed by atoms with Crippen molar-refractivity contribution in [2.24, 2.45) is 0 Å². The van der Waals surface area contributed by atoms with E-state index in [9.17, 15) is 14.9 Å². The average Bonchev–Trinajstić information content (AvgIpc) is 2.53. The van der Waals surface area contributed by atoms with E-state index >= 15 is 0 Å². The van der Waals surface area contributed by atoms with Crippen LogP contribution in [-0.2, 0) is 12.8 Å². The number of carbonyl (C=O) groups is 1. The molecule has 0 aliphatic heterocycles. The van der Waals surface area contributed by atoms with Gasteiger partial charge < -0.3 is 0 Å². The third kappa shape index (κ3) is 2.84. The van der Waals surface area contributed by atoms with Crippen LogP contribution in [0.5, 0.6) is 0 Å². The van der Waals surface area contributed by atoms with E-state index in [0.717, 1.165) is 5.56 Å². The van der Waals surface area contributed by atoms with Crippen LogP contribution in [0.15, 0.2) is 42.5 Å². The Morgan fingerprint density at radius 2 is 1.71 bits per heavy atom. The van der Waals surface area contributed by atoms with Gasteiger partial charge in [0.05, 0.1) is 4.92 Å². The summed E-state index contributed by atoms with van der Waals surface area (Å²) in [4.78, 5) is 23.5. The van der Waals surface area contributed by atoms with Crippen LogP contribution in [0.4, 0.5) is 5.69 Å². The van der Waals surface area contributed by atoms with Gasteiger partial charge in [0.1, 0.15) is 0 Å². The number of nitro groups is 1. The Hall–Kier alpha value is -2.49. The molecule has 0 aromatic heterocycles. The highest BCUT2D eigenvalue weighted by atomic mass is 16.6. The standard InChI is InChI=1S/C17H17NO3/c1-3-12-10-11-15(18(20)21)14(4-2)16(12)17(19)13-8-6-5-7-9-13/h5-11H,3-4H2,1-2H3. The summed E-state index contributed by atoms with van der Waals surface area (Å²) >= 11 is 0. The van der Waals surface area contributed by atoms with E-state index in [0.29, 0.717) is 29.5 Å². The quantitative estimate of drug-likeness (QED) is 0.474. The fraction of sp³-hybridized carbons (Fsp3) is 0.235. The number of carbonyl (C=O) groups excluding carboxylic acids is 1.